The van der Waals surface area contributed by atoms with E-state index in [0.29, 0.717) is 6.42 Å². The van der Waals surface area contributed by atoms with Crippen molar-refractivity contribution in [3.8, 4) is 0 Å². The van der Waals surface area contributed by atoms with Gasteiger partial charge >= 0.3 is 5.97 Å². The molecule has 0 aliphatic carbocycles. The number of hydrogen-bond donors (Lipinski definition) is 1. The van der Waals surface area contributed by atoms with E-state index in [2.05, 4.69) is 13.5 Å². The molecule has 2 heteroatoms. The predicted molar refractivity (Wildman–Crippen MR) is 59.3 cm³/mol. The van der Waals surface area contributed by atoms with Crippen LogP contribution in [-0.2, 0) is 4.79 Å². The van der Waals surface area contributed by atoms with Crippen molar-refractivity contribution in [2.24, 2.45) is 5.92 Å². The number of unbranched alkanes of at least 4 members (excludes halogenated alkanes) is 4. The highest BCUT2D eigenvalue weighted by molar-refractivity contribution is 5.70. The van der Waals surface area contributed by atoms with Gasteiger partial charge in [-0.1, -0.05) is 45.1 Å². The largest absolute Gasteiger partial charge is 0.481 e. The van der Waals surface area contributed by atoms with Crippen molar-refractivity contribution in [3.63, 3.8) is 0 Å². The van der Waals surface area contributed by atoms with Crippen LogP contribution >= 0.6 is 0 Å². The molecule has 0 aliphatic rings. The second-order valence-corrected chi connectivity index (χ2v) is 3.76. The summed E-state index contributed by atoms with van der Waals surface area (Å²) >= 11 is 0. The first kappa shape index (κ1) is 13.2. The van der Waals surface area contributed by atoms with Crippen LogP contribution in [0.3, 0.4) is 0 Å². The molecule has 0 radical (unpaired) electrons. The Morgan fingerprint density at radius 2 is 2.00 bits per heavy atom. The van der Waals surface area contributed by atoms with Gasteiger partial charge in [-0.25, -0.2) is 0 Å². The first-order valence-corrected chi connectivity index (χ1v) is 5.56. The molecular weight excluding hydrogens is 176 g/mol. The maximum absolute atomic E-state index is 10.8. The molecule has 14 heavy (non-hydrogen) atoms. The number of aliphatic carboxylic acids is 1. The molecule has 0 amide bonds. The highest BCUT2D eigenvalue weighted by Crippen LogP contribution is 2.15. The van der Waals surface area contributed by atoms with Gasteiger partial charge in [0.1, 0.15) is 0 Å². The third kappa shape index (κ3) is 6.70. The van der Waals surface area contributed by atoms with Gasteiger partial charge in [0, 0.05) is 0 Å². The fourth-order valence-corrected chi connectivity index (χ4v) is 1.54. The quantitative estimate of drug-likeness (QED) is 0.454. The Morgan fingerprint density at radius 3 is 2.50 bits per heavy atom. The number of carbonyl (C=O) groups is 1. The van der Waals surface area contributed by atoms with Gasteiger partial charge in [-0.2, -0.15) is 0 Å². The predicted octanol–water partition coefficient (Wildman–Crippen LogP) is 3.62. The smallest absolute Gasteiger partial charge is 0.306 e. The lowest BCUT2D eigenvalue weighted by atomic mass is 9.97. The van der Waals surface area contributed by atoms with Crippen LogP contribution in [0.25, 0.3) is 0 Å². The van der Waals surface area contributed by atoms with Gasteiger partial charge in [0.15, 0.2) is 0 Å². The van der Waals surface area contributed by atoms with Crippen molar-refractivity contribution in [1.29, 1.82) is 0 Å². The van der Waals surface area contributed by atoms with Crippen molar-refractivity contribution in [2.45, 2.75) is 51.9 Å². The van der Waals surface area contributed by atoms with E-state index < -0.39 is 5.97 Å². The lowest BCUT2D eigenvalue weighted by molar-refractivity contribution is -0.141. The van der Waals surface area contributed by atoms with Crippen molar-refractivity contribution in [3.05, 3.63) is 12.7 Å². The van der Waals surface area contributed by atoms with Gasteiger partial charge in [0.05, 0.1) is 5.92 Å². The Morgan fingerprint density at radius 1 is 1.36 bits per heavy atom. The molecule has 0 fully saturated rings. The van der Waals surface area contributed by atoms with Crippen molar-refractivity contribution < 1.29 is 9.90 Å². The molecule has 0 aromatic rings. The average Bonchev–Trinajstić information content (AvgIpc) is 2.15. The zero-order chi connectivity index (χ0) is 10.8. The molecule has 0 saturated carbocycles. The molecular formula is C12H22O2. The second kappa shape index (κ2) is 8.79. The molecule has 82 valence electrons. The number of carboxylic acid groups (broad SMARTS) is 1. The number of hydrogen-bond acceptors (Lipinski definition) is 1. The summed E-state index contributed by atoms with van der Waals surface area (Å²) in [7, 11) is 0. The Hall–Kier alpha value is -0.790. The molecule has 0 aliphatic heterocycles. The van der Waals surface area contributed by atoms with Crippen LogP contribution in [0, 0.1) is 5.92 Å². The lowest BCUT2D eigenvalue weighted by Gasteiger charge is -2.08. The molecule has 0 aromatic heterocycles. The fourth-order valence-electron chi connectivity index (χ4n) is 1.54. The summed E-state index contributed by atoms with van der Waals surface area (Å²) in [6.45, 7) is 5.76. The van der Waals surface area contributed by atoms with Gasteiger partial charge in [-0.05, 0) is 12.8 Å². The maximum Gasteiger partial charge on any atom is 0.306 e. The van der Waals surface area contributed by atoms with Crippen LogP contribution in [0.2, 0.25) is 0 Å². The van der Waals surface area contributed by atoms with E-state index in [1.807, 2.05) is 0 Å². The topological polar surface area (TPSA) is 37.3 Å². The maximum atomic E-state index is 10.8. The highest BCUT2D eigenvalue weighted by atomic mass is 16.4. The Kier molecular flexibility index (Phi) is 8.30. The first-order chi connectivity index (χ1) is 6.72. The zero-order valence-corrected chi connectivity index (χ0v) is 9.17. The highest BCUT2D eigenvalue weighted by Gasteiger charge is 2.14. The van der Waals surface area contributed by atoms with Gasteiger partial charge in [-0.3, -0.25) is 4.79 Å². The normalized spacial score (nSPS) is 12.4. The number of rotatable bonds is 9. The van der Waals surface area contributed by atoms with Gasteiger partial charge in [-0.15, -0.1) is 6.58 Å². The van der Waals surface area contributed by atoms with Gasteiger partial charge < -0.3 is 5.11 Å². The third-order valence-electron chi connectivity index (χ3n) is 2.46. The molecule has 0 heterocycles. The standard InChI is InChI=1S/C12H22O2/c1-3-5-6-7-8-10-11(9-4-2)12(13)14/h4,11H,2-3,5-10H2,1H3,(H,13,14)/t11-/m1/s1. The molecule has 2 nitrogen and oxygen atoms in total. The number of carboxylic acids is 1. The van der Waals surface area contributed by atoms with E-state index in [1.165, 1.54) is 19.3 Å². The van der Waals surface area contributed by atoms with Gasteiger partial charge in [0.2, 0.25) is 0 Å². The minimum Gasteiger partial charge on any atom is -0.481 e. The fraction of sp³-hybridized carbons (Fsp3) is 0.750. The Bertz CT molecular complexity index is 164. The summed E-state index contributed by atoms with van der Waals surface area (Å²) < 4.78 is 0. The summed E-state index contributed by atoms with van der Waals surface area (Å²) in [5.41, 5.74) is 0. The SMILES string of the molecule is C=CC[C@H](CCCCCCC)C(=O)O. The first-order valence-electron chi connectivity index (χ1n) is 5.56. The van der Waals surface area contributed by atoms with E-state index in [1.54, 1.807) is 6.08 Å². The summed E-state index contributed by atoms with van der Waals surface area (Å²) in [5, 5.41) is 8.86. The molecule has 0 rings (SSSR count). The van der Waals surface area contributed by atoms with E-state index in [0.717, 1.165) is 19.3 Å². The monoisotopic (exact) mass is 198 g/mol. The third-order valence-corrected chi connectivity index (χ3v) is 2.46. The summed E-state index contributed by atoms with van der Waals surface area (Å²) in [6.07, 6.45) is 9.02. The van der Waals surface area contributed by atoms with E-state index in [-0.39, 0.29) is 5.92 Å². The molecule has 1 N–H and O–H groups in total. The van der Waals surface area contributed by atoms with Crippen LogP contribution in [0.4, 0.5) is 0 Å². The van der Waals surface area contributed by atoms with E-state index in [4.69, 9.17) is 5.11 Å². The molecule has 0 unspecified atom stereocenters. The van der Waals surface area contributed by atoms with Crippen LogP contribution in [0.1, 0.15) is 51.9 Å². The zero-order valence-electron chi connectivity index (χ0n) is 9.17. The summed E-state index contributed by atoms with van der Waals surface area (Å²) in [6, 6.07) is 0. The van der Waals surface area contributed by atoms with Crippen LogP contribution in [0.15, 0.2) is 12.7 Å². The minimum atomic E-state index is -0.680. The molecule has 0 bridgehead atoms. The van der Waals surface area contributed by atoms with Gasteiger partial charge in [0.25, 0.3) is 0 Å². The Balaban J connectivity index is 3.50. The van der Waals surface area contributed by atoms with Crippen LogP contribution in [-0.4, -0.2) is 11.1 Å². The van der Waals surface area contributed by atoms with Crippen LogP contribution < -0.4 is 0 Å². The molecule has 0 spiro atoms. The van der Waals surface area contributed by atoms with Crippen molar-refractivity contribution in [2.75, 3.05) is 0 Å². The Labute approximate surface area is 87.0 Å². The molecule has 0 saturated heterocycles. The van der Waals surface area contributed by atoms with Crippen LogP contribution in [0.5, 0.6) is 0 Å². The average molecular weight is 198 g/mol. The summed E-state index contributed by atoms with van der Waals surface area (Å²) in [5.74, 6) is -0.894. The molecule has 1 atom stereocenters. The second-order valence-electron chi connectivity index (χ2n) is 3.76. The van der Waals surface area contributed by atoms with E-state index in [9.17, 15) is 4.79 Å². The minimum absolute atomic E-state index is 0.214. The summed E-state index contributed by atoms with van der Waals surface area (Å²) in [4.78, 5) is 10.8. The van der Waals surface area contributed by atoms with Crippen molar-refractivity contribution in [1.82, 2.24) is 0 Å². The van der Waals surface area contributed by atoms with Crippen molar-refractivity contribution >= 4 is 5.97 Å². The lowest BCUT2D eigenvalue weighted by Crippen LogP contribution is -2.12. The number of allylic oxidation sites excluding steroid dienone is 1. The van der Waals surface area contributed by atoms with E-state index >= 15 is 0 Å². The molecule has 0 aromatic carbocycles.